The van der Waals surface area contributed by atoms with Crippen molar-refractivity contribution in [3.8, 4) is 0 Å². The molecule has 1 amide bonds. The summed E-state index contributed by atoms with van der Waals surface area (Å²) in [5, 5.41) is 9.75. The van der Waals surface area contributed by atoms with Gasteiger partial charge in [0.15, 0.2) is 0 Å². The van der Waals surface area contributed by atoms with Gasteiger partial charge in [-0.15, -0.1) is 0 Å². The van der Waals surface area contributed by atoms with Crippen molar-refractivity contribution in [2.45, 2.75) is 63.1 Å². The summed E-state index contributed by atoms with van der Waals surface area (Å²) >= 11 is 0. The van der Waals surface area contributed by atoms with E-state index in [0.717, 1.165) is 44.9 Å². The van der Waals surface area contributed by atoms with E-state index in [1.54, 1.807) is 0 Å². The third kappa shape index (κ3) is 2.01. The molecule has 2 bridgehead atoms. The number of carbonyl (C=O) groups excluding carboxylic acids is 1. The zero-order valence-corrected chi connectivity index (χ0v) is 10.2. The topological polar surface area (TPSA) is 40.5 Å². The summed E-state index contributed by atoms with van der Waals surface area (Å²) in [6.45, 7) is 0. The zero-order valence-electron chi connectivity index (χ0n) is 10.2. The van der Waals surface area contributed by atoms with E-state index in [9.17, 15) is 9.90 Å². The lowest BCUT2D eigenvalue weighted by atomic mass is 9.90. The molecule has 1 N–H and O–H groups in total. The van der Waals surface area contributed by atoms with Crippen LogP contribution in [0.15, 0.2) is 12.2 Å². The number of rotatable bonds is 1. The Hall–Kier alpha value is -0.830. The Balaban J connectivity index is 1.72. The minimum absolute atomic E-state index is 0.178. The number of hydrogen-bond donors (Lipinski definition) is 1. The van der Waals surface area contributed by atoms with Crippen molar-refractivity contribution >= 4 is 5.91 Å². The highest BCUT2D eigenvalue weighted by Crippen LogP contribution is 2.37. The quantitative estimate of drug-likeness (QED) is 0.705. The van der Waals surface area contributed by atoms with Crippen LogP contribution < -0.4 is 0 Å². The molecule has 1 aliphatic carbocycles. The number of carbonyl (C=O) groups is 1. The molecule has 17 heavy (non-hydrogen) atoms. The number of aliphatic hydroxyl groups is 1. The number of amides is 1. The summed E-state index contributed by atoms with van der Waals surface area (Å²) in [5.41, 5.74) is 0. The molecule has 0 saturated carbocycles. The molecule has 3 atom stereocenters. The number of piperidine rings is 1. The molecule has 0 aromatic carbocycles. The molecule has 0 aromatic heterocycles. The van der Waals surface area contributed by atoms with Crippen LogP contribution in [-0.2, 0) is 4.79 Å². The molecule has 3 unspecified atom stereocenters. The second-order valence-electron chi connectivity index (χ2n) is 5.74. The molecule has 94 valence electrons. The van der Waals surface area contributed by atoms with Crippen molar-refractivity contribution in [3.05, 3.63) is 12.2 Å². The Kier molecular flexibility index (Phi) is 2.95. The summed E-state index contributed by atoms with van der Waals surface area (Å²) in [7, 11) is 0. The van der Waals surface area contributed by atoms with Crippen LogP contribution in [-0.4, -0.2) is 34.1 Å². The van der Waals surface area contributed by atoms with Crippen molar-refractivity contribution in [1.82, 2.24) is 4.90 Å². The molecule has 2 fully saturated rings. The molecule has 2 saturated heterocycles. The predicted molar refractivity (Wildman–Crippen MR) is 65.4 cm³/mol. The second kappa shape index (κ2) is 4.45. The van der Waals surface area contributed by atoms with Gasteiger partial charge in [0.2, 0.25) is 5.91 Å². The lowest BCUT2D eigenvalue weighted by Gasteiger charge is -2.39. The van der Waals surface area contributed by atoms with Gasteiger partial charge in [0.05, 0.1) is 6.10 Å². The largest absolute Gasteiger partial charge is 0.393 e. The summed E-state index contributed by atoms with van der Waals surface area (Å²) in [4.78, 5) is 14.7. The normalized spacial score (nSPS) is 40.6. The fourth-order valence-corrected chi connectivity index (χ4v) is 3.74. The van der Waals surface area contributed by atoms with Gasteiger partial charge in [-0.2, -0.15) is 0 Å². The fourth-order valence-electron chi connectivity index (χ4n) is 3.74. The highest BCUT2D eigenvalue weighted by atomic mass is 16.3. The predicted octanol–water partition coefficient (Wildman–Crippen LogP) is 1.86. The Morgan fingerprint density at radius 2 is 1.82 bits per heavy atom. The molecule has 3 aliphatic rings. The minimum atomic E-state index is -0.178. The standard InChI is InChI=1S/C14H21NO2/c16-13-8-11-6-7-12(9-13)15(11)14(17)10-4-2-1-3-5-10/h1-2,10-13,16H,3-9H2. The van der Waals surface area contributed by atoms with Gasteiger partial charge in [0, 0.05) is 18.0 Å². The first-order valence-corrected chi connectivity index (χ1v) is 6.91. The van der Waals surface area contributed by atoms with Gasteiger partial charge in [-0.25, -0.2) is 0 Å². The number of fused-ring (bicyclic) bond motifs is 2. The summed E-state index contributed by atoms with van der Waals surface area (Å²) in [5.74, 6) is 0.562. The van der Waals surface area contributed by atoms with E-state index in [2.05, 4.69) is 17.1 Å². The summed E-state index contributed by atoms with van der Waals surface area (Å²) in [6.07, 6.45) is 10.9. The maximum Gasteiger partial charge on any atom is 0.226 e. The zero-order chi connectivity index (χ0) is 11.8. The summed E-state index contributed by atoms with van der Waals surface area (Å²) < 4.78 is 0. The lowest BCUT2D eigenvalue weighted by Crippen LogP contribution is -2.50. The highest BCUT2D eigenvalue weighted by molar-refractivity contribution is 5.80. The van der Waals surface area contributed by atoms with Crippen molar-refractivity contribution in [2.75, 3.05) is 0 Å². The molecular weight excluding hydrogens is 214 g/mol. The van der Waals surface area contributed by atoms with Crippen molar-refractivity contribution in [3.63, 3.8) is 0 Å². The molecular formula is C14H21NO2. The van der Waals surface area contributed by atoms with Gasteiger partial charge >= 0.3 is 0 Å². The van der Waals surface area contributed by atoms with Crippen molar-refractivity contribution in [2.24, 2.45) is 5.92 Å². The molecule has 3 rings (SSSR count). The number of allylic oxidation sites excluding steroid dienone is 2. The van der Waals surface area contributed by atoms with Gasteiger partial charge < -0.3 is 10.0 Å². The lowest BCUT2D eigenvalue weighted by molar-refractivity contribution is -0.142. The third-order valence-corrected chi connectivity index (χ3v) is 4.58. The van der Waals surface area contributed by atoms with E-state index in [1.807, 2.05) is 0 Å². The Morgan fingerprint density at radius 1 is 1.12 bits per heavy atom. The van der Waals surface area contributed by atoms with Gasteiger partial charge in [-0.3, -0.25) is 4.79 Å². The average molecular weight is 235 g/mol. The van der Waals surface area contributed by atoms with E-state index >= 15 is 0 Å². The molecule has 0 aromatic rings. The van der Waals surface area contributed by atoms with Crippen LogP contribution in [0.4, 0.5) is 0 Å². The summed E-state index contributed by atoms with van der Waals surface area (Å²) in [6, 6.07) is 0.643. The van der Waals surface area contributed by atoms with Gasteiger partial charge in [0.25, 0.3) is 0 Å². The first kappa shape index (κ1) is 11.3. The van der Waals surface area contributed by atoms with Crippen LogP contribution >= 0.6 is 0 Å². The Bertz CT molecular complexity index is 325. The van der Waals surface area contributed by atoms with Crippen LogP contribution in [0.25, 0.3) is 0 Å². The first-order valence-electron chi connectivity index (χ1n) is 6.91. The smallest absolute Gasteiger partial charge is 0.226 e. The van der Waals surface area contributed by atoms with Crippen molar-refractivity contribution in [1.29, 1.82) is 0 Å². The van der Waals surface area contributed by atoms with E-state index < -0.39 is 0 Å². The van der Waals surface area contributed by atoms with Gasteiger partial charge in [-0.05, 0) is 44.9 Å². The van der Waals surface area contributed by atoms with Crippen LogP contribution in [0.1, 0.15) is 44.9 Å². The average Bonchev–Trinajstić information content (AvgIpc) is 2.62. The van der Waals surface area contributed by atoms with E-state index in [1.165, 1.54) is 0 Å². The molecule has 3 heteroatoms. The third-order valence-electron chi connectivity index (χ3n) is 4.58. The van der Waals surface area contributed by atoms with Crippen molar-refractivity contribution < 1.29 is 9.90 Å². The molecule has 2 aliphatic heterocycles. The van der Waals surface area contributed by atoms with Crippen LogP contribution in [0.5, 0.6) is 0 Å². The maximum absolute atomic E-state index is 12.5. The molecule has 0 radical (unpaired) electrons. The molecule has 2 heterocycles. The van der Waals surface area contributed by atoms with E-state index in [4.69, 9.17) is 0 Å². The monoisotopic (exact) mass is 235 g/mol. The maximum atomic E-state index is 12.5. The number of aliphatic hydroxyl groups excluding tert-OH is 1. The second-order valence-corrected chi connectivity index (χ2v) is 5.74. The Labute approximate surface area is 102 Å². The van der Waals surface area contributed by atoms with Gasteiger partial charge in [0.1, 0.15) is 0 Å². The number of hydrogen-bond acceptors (Lipinski definition) is 2. The fraction of sp³-hybridized carbons (Fsp3) is 0.786. The van der Waals surface area contributed by atoms with E-state index in [-0.39, 0.29) is 12.0 Å². The van der Waals surface area contributed by atoms with Crippen LogP contribution in [0.3, 0.4) is 0 Å². The molecule has 0 spiro atoms. The molecule has 3 nitrogen and oxygen atoms in total. The van der Waals surface area contributed by atoms with Crippen LogP contribution in [0.2, 0.25) is 0 Å². The van der Waals surface area contributed by atoms with Gasteiger partial charge in [-0.1, -0.05) is 12.2 Å². The minimum Gasteiger partial charge on any atom is -0.393 e. The van der Waals surface area contributed by atoms with Crippen LogP contribution in [0, 0.1) is 5.92 Å². The van der Waals surface area contributed by atoms with E-state index in [0.29, 0.717) is 18.0 Å². The first-order chi connectivity index (χ1) is 8.25. The SMILES string of the molecule is O=C(C1CC=CCC1)N1C2CCC1CC(O)C2. The Morgan fingerprint density at radius 3 is 2.41 bits per heavy atom. The number of nitrogens with zero attached hydrogens (tertiary/aromatic N) is 1. The highest BCUT2D eigenvalue weighted by Gasteiger charge is 2.44.